The molecule has 5 nitrogen and oxygen atoms in total. The lowest BCUT2D eigenvalue weighted by Crippen LogP contribution is -2.41. The van der Waals surface area contributed by atoms with Gasteiger partial charge in [0.1, 0.15) is 0 Å². The highest BCUT2D eigenvalue weighted by molar-refractivity contribution is 6.42. The van der Waals surface area contributed by atoms with Gasteiger partial charge in [-0.15, -0.1) is 0 Å². The Morgan fingerprint density at radius 2 is 1.66 bits per heavy atom. The minimum atomic E-state index is -0.698. The van der Waals surface area contributed by atoms with Gasteiger partial charge in [0.25, 0.3) is 5.91 Å². The number of aliphatic hydroxyl groups is 1. The molecular formula is C25H32Cl2N2O3. The molecule has 32 heavy (non-hydrogen) atoms. The Bertz CT molecular complexity index is 901. The van der Waals surface area contributed by atoms with Gasteiger partial charge < -0.3 is 15.3 Å². The van der Waals surface area contributed by atoms with Crippen LogP contribution in [-0.2, 0) is 6.42 Å². The molecule has 2 aromatic rings. The van der Waals surface area contributed by atoms with Gasteiger partial charge in [-0.2, -0.15) is 0 Å². The van der Waals surface area contributed by atoms with Crippen molar-refractivity contribution in [1.82, 2.24) is 10.2 Å². The highest BCUT2D eigenvalue weighted by atomic mass is 35.5. The Kier molecular flexibility index (Phi) is 10.7. The molecule has 0 heterocycles. The van der Waals surface area contributed by atoms with Crippen LogP contribution >= 0.6 is 23.2 Å². The zero-order valence-electron chi connectivity index (χ0n) is 18.9. The SMILES string of the molecule is CC(=O)c1ccc(C(=O)NCC(O)CN(CCc2ccc(Cl)c(Cl)c2)CCC(C)C)cc1. The highest BCUT2D eigenvalue weighted by Gasteiger charge is 2.15. The second kappa shape index (κ2) is 12.9. The third kappa shape index (κ3) is 8.91. The Morgan fingerprint density at radius 1 is 1.00 bits per heavy atom. The quantitative estimate of drug-likeness (QED) is 0.426. The largest absolute Gasteiger partial charge is 0.390 e. The van der Waals surface area contributed by atoms with Gasteiger partial charge in [-0.3, -0.25) is 9.59 Å². The van der Waals surface area contributed by atoms with Crippen molar-refractivity contribution < 1.29 is 14.7 Å². The maximum absolute atomic E-state index is 12.4. The molecule has 2 rings (SSSR count). The molecule has 1 amide bonds. The van der Waals surface area contributed by atoms with Gasteiger partial charge in [-0.05, 0) is 62.1 Å². The van der Waals surface area contributed by atoms with Crippen molar-refractivity contribution in [2.24, 2.45) is 5.92 Å². The summed E-state index contributed by atoms with van der Waals surface area (Å²) in [5, 5.41) is 14.4. The van der Waals surface area contributed by atoms with Crippen LogP contribution in [-0.4, -0.2) is 54.0 Å². The molecular weight excluding hydrogens is 447 g/mol. The summed E-state index contributed by atoms with van der Waals surface area (Å²) < 4.78 is 0. The summed E-state index contributed by atoms with van der Waals surface area (Å²) in [6.07, 6.45) is 1.11. The van der Waals surface area contributed by atoms with Crippen molar-refractivity contribution >= 4 is 34.9 Å². The van der Waals surface area contributed by atoms with Crippen molar-refractivity contribution in [3.05, 3.63) is 69.2 Å². The zero-order valence-corrected chi connectivity index (χ0v) is 20.4. The average Bonchev–Trinajstić information content (AvgIpc) is 2.76. The fourth-order valence-corrected chi connectivity index (χ4v) is 3.57. The van der Waals surface area contributed by atoms with Crippen molar-refractivity contribution in [2.45, 2.75) is 39.7 Å². The fraction of sp³-hybridized carbons (Fsp3) is 0.440. The first-order chi connectivity index (χ1) is 15.2. The molecule has 0 fully saturated rings. The average molecular weight is 479 g/mol. The number of rotatable bonds is 12. The van der Waals surface area contributed by atoms with E-state index in [1.807, 2.05) is 12.1 Å². The predicted molar refractivity (Wildman–Crippen MR) is 131 cm³/mol. The van der Waals surface area contributed by atoms with Gasteiger partial charge in [0.2, 0.25) is 0 Å². The third-order valence-corrected chi connectivity index (χ3v) is 5.98. The number of hydrogen-bond acceptors (Lipinski definition) is 4. The minimum absolute atomic E-state index is 0.0465. The van der Waals surface area contributed by atoms with E-state index in [9.17, 15) is 14.7 Å². The lowest BCUT2D eigenvalue weighted by atomic mass is 10.1. The van der Waals surface area contributed by atoms with Crippen LogP contribution in [0.15, 0.2) is 42.5 Å². The number of nitrogens with zero attached hydrogens (tertiary/aromatic N) is 1. The van der Waals surface area contributed by atoms with Crippen molar-refractivity contribution in [3.63, 3.8) is 0 Å². The Balaban J connectivity index is 1.88. The number of carbonyl (C=O) groups excluding carboxylic acids is 2. The summed E-state index contributed by atoms with van der Waals surface area (Å²) in [7, 11) is 0. The van der Waals surface area contributed by atoms with E-state index in [0.29, 0.717) is 33.6 Å². The molecule has 7 heteroatoms. The zero-order chi connectivity index (χ0) is 23.7. The molecule has 1 atom stereocenters. The lowest BCUT2D eigenvalue weighted by molar-refractivity contribution is 0.0854. The molecule has 0 aliphatic carbocycles. The van der Waals surface area contributed by atoms with Crippen LogP contribution in [0.25, 0.3) is 0 Å². The number of benzene rings is 2. The second-order valence-corrected chi connectivity index (χ2v) is 9.29. The number of carbonyl (C=O) groups is 2. The summed E-state index contributed by atoms with van der Waals surface area (Å²) in [5.74, 6) is 0.232. The molecule has 0 aliphatic heterocycles. The molecule has 0 saturated carbocycles. The monoisotopic (exact) mass is 478 g/mol. The third-order valence-electron chi connectivity index (χ3n) is 5.24. The predicted octanol–water partition coefficient (Wildman–Crippen LogP) is 4.88. The van der Waals surface area contributed by atoms with Crippen LogP contribution in [0.1, 0.15) is 53.5 Å². The number of aliphatic hydroxyl groups excluding tert-OH is 1. The smallest absolute Gasteiger partial charge is 0.251 e. The van der Waals surface area contributed by atoms with Gasteiger partial charge in [-0.25, -0.2) is 0 Å². The van der Waals surface area contributed by atoms with Crippen LogP contribution in [0.4, 0.5) is 0 Å². The first-order valence-corrected chi connectivity index (χ1v) is 11.6. The molecule has 2 N–H and O–H groups in total. The Labute approximate surface area is 200 Å². The van der Waals surface area contributed by atoms with Gasteiger partial charge in [0.05, 0.1) is 16.1 Å². The summed E-state index contributed by atoms with van der Waals surface area (Å²) in [6, 6.07) is 12.1. The normalized spacial score (nSPS) is 12.2. The van der Waals surface area contributed by atoms with E-state index in [4.69, 9.17) is 23.2 Å². The van der Waals surface area contributed by atoms with Crippen LogP contribution in [0.5, 0.6) is 0 Å². The van der Waals surface area contributed by atoms with Gasteiger partial charge in [0.15, 0.2) is 5.78 Å². The summed E-state index contributed by atoms with van der Waals surface area (Å²) in [6.45, 7) is 8.06. The lowest BCUT2D eigenvalue weighted by Gasteiger charge is -2.26. The molecule has 0 bridgehead atoms. The number of nitrogens with one attached hydrogen (secondary N) is 1. The van der Waals surface area contributed by atoms with E-state index >= 15 is 0 Å². The van der Waals surface area contributed by atoms with E-state index in [2.05, 4.69) is 24.1 Å². The summed E-state index contributed by atoms with van der Waals surface area (Å²) >= 11 is 12.1. The summed E-state index contributed by atoms with van der Waals surface area (Å²) in [4.78, 5) is 25.9. The minimum Gasteiger partial charge on any atom is -0.390 e. The number of ketones is 1. The molecule has 0 aliphatic rings. The topological polar surface area (TPSA) is 69.6 Å². The first-order valence-electron chi connectivity index (χ1n) is 10.9. The van der Waals surface area contributed by atoms with Crippen LogP contribution in [0.2, 0.25) is 10.0 Å². The second-order valence-electron chi connectivity index (χ2n) is 8.48. The van der Waals surface area contributed by atoms with Crippen molar-refractivity contribution in [3.8, 4) is 0 Å². The van der Waals surface area contributed by atoms with Crippen LogP contribution in [0.3, 0.4) is 0 Å². The number of hydrogen-bond donors (Lipinski definition) is 2. The molecule has 2 aromatic carbocycles. The maximum Gasteiger partial charge on any atom is 0.251 e. The molecule has 0 aromatic heterocycles. The van der Waals surface area contributed by atoms with E-state index in [1.54, 1.807) is 30.3 Å². The molecule has 1 unspecified atom stereocenters. The van der Waals surface area contributed by atoms with Crippen LogP contribution in [0, 0.1) is 5.92 Å². The summed E-state index contributed by atoms with van der Waals surface area (Å²) in [5.41, 5.74) is 2.11. The van der Waals surface area contributed by atoms with E-state index < -0.39 is 6.10 Å². The molecule has 0 saturated heterocycles. The Hall–Kier alpha value is -1.92. The van der Waals surface area contributed by atoms with E-state index in [0.717, 1.165) is 31.5 Å². The van der Waals surface area contributed by atoms with Gasteiger partial charge in [-0.1, -0.05) is 55.2 Å². The molecule has 0 radical (unpaired) electrons. The molecule has 0 spiro atoms. The first kappa shape index (κ1) is 26.3. The number of Topliss-reactive ketones (excluding diaryl/α,β-unsaturated/α-hetero) is 1. The van der Waals surface area contributed by atoms with E-state index in [1.165, 1.54) is 6.92 Å². The Morgan fingerprint density at radius 3 is 2.25 bits per heavy atom. The fourth-order valence-electron chi connectivity index (χ4n) is 3.25. The van der Waals surface area contributed by atoms with Crippen LogP contribution < -0.4 is 5.32 Å². The number of amides is 1. The standard InChI is InChI=1S/C25H32Cl2N2O3/c1-17(2)10-12-29(13-11-19-4-9-23(26)24(27)14-19)16-22(31)15-28-25(32)21-7-5-20(6-8-21)18(3)30/h4-9,14,17,22,31H,10-13,15-16H2,1-3H3,(H,28,32). The maximum atomic E-state index is 12.4. The molecule has 174 valence electrons. The van der Waals surface area contributed by atoms with Gasteiger partial charge >= 0.3 is 0 Å². The van der Waals surface area contributed by atoms with Crippen molar-refractivity contribution in [2.75, 3.05) is 26.2 Å². The van der Waals surface area contributed by atoms with Gasteiger partial charge in [0, 0.05) is 30.8 Å². The highest BCUT2D eigenvalue weighted by Crippen LogP contribution is 2.23. The van der Waals surface area contributed by atoms with E-state index in [-0.39, 0.29) is 18.2 Å². The van der Waals surface area contributed by atoms with Crippen molar-refractivity contribution in [1.29, 1.82) is 0 Å². The number of halogens is 2.